The molecule has 3 aromatic rings. The van der Waals surface area contributed by atoms with Crippen LogP contribution in [0.1, 0.15) is 23.0 Å². The lowest BCUT2D eigenvalue weighted by atomic mass is 10.1. The van der Waals surface area contributed by atoms with E-state index in [0.717, 1.165) is 16.6 Å². The van der Waals surface area contributed by atoms with Crippen LogP contribution >= 0.6 is 0 Å². The number of esters is 1. The van der Waals surface area contributed by atoms with E-state index in [0.29, 0.717) is 18.7 Å². The van der Waals surface area contributed by atoms with Crippen molar-refractivity contribution in [3.05, 3.63) is 65.9 Å². The molecule has 0 bridgehead atoms. The molecule has 0 amide bonds. The predicted octanol–water partition coefficient (Wildman–Crippen LogP) is 3.73. The number of carbonyl (C=O) groups excluding carboxylic acids is 1. The Kier molecular flexibility index (Phi) is 4.59. The van der Waals surface area contributed by atoms with E-state index >= 15 is 0 Å². The van der Waals surface area contributed by atoms with Crippen molar-refractivity contribution in [3.63, 3.8) is 0 Å². The molecule has 0 aliphatic rings. The average molecular weight is 310 g/mol. The molecule has 0 aliphatic carbocycles. The predicted molar refractivity (Wildman–Crippen MR) is 89.1 cm³/mol. The van der Waals surface area contributed by atoms with E-state index < -0.39 is 5.97 Å². The van der Waals surface area contributed by atoms with Crippen molar-refractivity contribution in [1.29, 1.82) is 0 Å². The number of nitrogens with one attached hydrogen (secondary N) is 2. The molecule has 2 aromatic carbocycles. The topological polar surface area (TPSA) is 63.5 Å². The van der Waals surface area contributed by atoms with Crippen LogP contribution in [0.4, 0.5) is 5.69 Å². The number of hydrazine groups is 1. The van der Waals surface area contributed by atoms with Crippen molar-refractivity contribution in [3.8, 4) is 0 Å². The van der Waals surface area contributed by atoms with Crippen molar-refractivity contribution < 1.29 is 13.9 Å². The van der Waals surface area contributed by atoms with Gasteiger partial charge in [-0.2, -0.15) is 0 Å². The molecule has 118 valence electrons. The standard InChI is InChI=1S/C18H18N2O3/c1-2-22-18(21)17-11-14-10-13(8-9-16(14)23-17)12-19-20-15-6-4-3-5-7-15/h3-11,19-20H,2,12H2,1H3. The fourth-order valence-electron chi connectivity index (χ4n) is 2.28. The number of ether oxygens (including phenoxy) is 1. The van der Waals surface area contributed by atoms with Gasteiger partial charge in [0.05, 0.1) is 6.61 Å². The van der Waals surface area contributed by atoms with Crippen LogP contribution in [0.2, 0.25) is 0 Å². The summed E-state index contributed by atoms with van der Waals surface area (Å²) in [6.45, 7) is 2.74. The molecule has 5 heteroatoms. The molecule has 1 aromatic heterocycles. The number of hydrogen-bond acceptors (Lipinski definition) is 5. The van der Waals surface area contributed by atoms with Crippen LogP contribution in [0, 0.1) is 0 Å². The molecular weight excluding hydrogens is 292 g/mol. The van der Waals surface area contributed by atoms with Gasteiger partial charge in [-0.3, -0.25) is 0 Å². The van der Waals surface area contributed by atoms with E-state index in [1.54, 1.807) is 13.0 Å². The Balaban J connectivity index is 1.66. The summed E-state index contributed by atoms with van der Waals surface area (Å²) in [4.78, 5) is 11.7. The van der Waals surface area contributed by atoms with E-state index in [1.165, 1.54) is 0 Å². The quantitative estimate of drug-likeness (QED) is 0.536. The maximum atomic E-state index is 11.7. The van der Waals surface area contributed by atoms with Gasteiger partial charge in [-0.25, -0.2) is 10.2 Å². The SMILES string of the molecule is CCOC(=O)c1cc2cc(CNNc3ccccc3)ccc2o1. The van der Waals surface area contributed by atoms with E-state index in [4.69, 9.17) is 9.15 Å². The molecule has 0 atom stereocenters. The number of para-hydroxylation sites is 1. The van der Waals surface area contributed by atoms with Crippen LogP contribution in [0.5, 0.6) is 0 Å². The van der Waals surface area contributed by atoms with Gasteiger partial charge in [-0.15, -0.1) is 0 Å². The van der Waals surface area contributed by atoms with Gasteiger partial charge in [0.15, 0.2) is 0 Å². The zero-order valence-electron chi connectivity index (χ0n) is 12.8. The first kappa shape index (κ1) is 15.1. The summed E-state index contributed by atoms with van der Waals surface area (Å²) >= 11 is 0. The van der Waals surface area contributed by atoms with Crippen LogP contribution in [-0.2, 0) is 11.3 Å². The molecule has 0 saturated heterocycles. The maximum Gasteiger partial charge on any atom is 0.374 e. The Morgan fingerprint density at radius 3 is 2.74 bits per heavy atom. The highest BCUT2D eigenvalue weighted by atomic mass is 16.5. The first-order chi connectivity index (χ1) is 11.3. The van der Waals surface area contributed by atoms with E-state index in [9.17, 15) is 4.79 Å². The number of anilines is 1. The Morgan fingerprint density at radius 2 is 1.96 bits per heavy atom. The highest BCUT2D eigenvalue weighted by Gasteiger charge is 2.13. The lowest BCUT2D eigenvalue weighted by Gasteiger charge is -2.08. The number of benzene rings is 2. The minimum Gasteiger partial charge on any atom is -0.460 e. The minimum atomic E-state index is -0.436. The molecule has 5 nitrogen and oxygen atoms in total. The number of carbonyl (C=O) groups is 1. The van der Waals surface area contributed by atoms with Crippen LogP contribution < -0.4 is 10.9 Å². The average Bonchev–Trinajstić information content (AvgIpc) is 2.99. The van der Waals surface area contributed by atoms with Crippen molar-refractivity contribution in [2.24, 2.45) is 0 Å². The molecule has 0 radical (unpaired) electrons. The summed E-state index contributed by atoms with van der Waals surface area (Å²) in [5.41, 5.74) is 9.05. The minimum absolute atomic E-state index is 0.231. The van der Waals surface area contributed by atoms with Crippen LogP contribution in [0.25, 0.3) is 11.0 Å². The third-order valence-corrected chi connectivity index (χ3v) is 3.36. The highest BCUT2D eigenvalue weighted by molar-refractivity contribution is 5.92. The molecule has 0 unspecified atom stereocenters. The van der Waals surface area contributed by atoms with E-state index in [-0.39, 0.29) is 5.76 Å². The van der Waals surface area contributed by atoms with Gasteiger partial charge in [-0.1, -0.05) is 24.3 Å². The summed E-state index contributed by atoms with van der Waals surface area (Å²) in [6, 6.07) is 17.4. The molecule has 0 saturated carbocycles. The molecular formula is C18H18N2O3. The van der Waals surface area contributed by atoms with Crippen LogP contribution in [0.3, 0.4) is 0 Å². The molecule has 0 aliphatic heterocycles. The third kappa shape index (κ3) is 3.70. The smallest absolute Gasteiger partial charge is 0.374 e. The van der Waals surface area contributed by atoms with Gasteiger partial charge in [0.1, 0.15) is 5.58 Å². The third-order valence-electron chi connectivity index (χ3n) is 3.36. The van der Waals surface area contributed by atoms with Crippen LogP contribution in [-0.4, -0.2) is 12.6 Å². The van der Waals surface area contributed by atoms with Crippen LogP contribution in [0.15, 0.2) is 59.0 Å². The molecule has 0 fully saturated rings. The summed E-state index contributed by atoms with van der Waals surface area (Å²) in [5, 5.41) is 0.882. The summed E-state index contributed by atoms with van der Waals surface area (Å²) in [6.07, 6.45) is 0. The Labute approximate surface area is 134 Å². The molecule has 0 spiro atoms. The van der Waals surface area contributed by atoms with Gasteiger partial charge in [0.25, 0.3) is 0 Å². The monoisotopic (exact) mass is 310 g/mol. The lowest BCUT2D eigenvalue weighted by Crippen LogP contribution is -2.20. The van der Waals surface area contributed by atoms with Crippen molar-refractivity contribution in [1.82, 2.24) is 5.43 Å². The summed E-state index contributed by atoms with van der Waals surface area (Å²) < 4.78 is 10.4. The number of fused-ring (bicyclic) bond motifs is 1. The van der Waals surface area contributed by atoms with E-state index in [1.807, 2.05) is 48.5 Å². The summed E-state index contributed by atoms with van der Waals surface area (Å²) in [5.74, 6) is -0.205. The Hall–Kier alpha value is -2.79. The second-order valence-electron chi connectivity index (χ2n) is 5.05. The first-order valence-electron chi connectivity index (χ1n) is 7.50. The van der Waals surface area contributed by atoms with Crippen molar-refractivity contribution >= 4 is 22.6 Å². The van der Waals surface area contributed by atoms with Crippen molar-refractivity contribution in [2.45, 2.75) is 13.5 Å². The zero-order valence-corrected chi connectivity index (χ0v) is 12.8. The lowest BCUT2D eigenvalue weighted by molar-refractivity contribution is 0.0492. The molecule has 1 heterocycles. The molecule has 2 N–H and O–H groups in total. The number of rotatable bonds is 6. The molecule has 23 heavy (non-hydrogen) atoms. The van der Waals surface area contributed by atoms with Gasteiger partial charge in [0, 0.05) is 17.6 Å². The molecule has 3 rings (SSSR count). The number of hydrogen-bond donors (Lipinski definition) is 2. The van der Waals surface area contributed by atoms with E-state index in [2.05, 4.69) is 10.9 Å². The Morgan fingerprint density at radius 1 is 1.13 bits per heavy atom. The first-order valence-corrected chi connectivity index (χ1v) is 7.50. The largest absolute Gasteiger partial charge is 0.460 e. The second-order valence-corrected chi connectivity index (χ2v) is 5.05. The van der Waals surface area contributed by atoms with Gasteiger partial charge in [0.2, 0.25) is 5.76 Å². The summed E-state index contributed by atoms with van der Waals surface area (Å²) in [7, 11) is 0. The van der Waals surface area contributed by atoms with Gasteiger partial charge in [-0.05, 0) is 42.8 Å². The fourth-order valence-corrected chi connectivity index (χ4v) is 2.28. The second kappa shape index (κ2) is 6.98. The fraction of sp³-hybridized carbons (Fsp3) is 0.167. The number of furan rings is 1. The maximum absolute atomic E-state index is 11.7. The van der Waals surface area contributed by atoms with Crippen molar-refractivity contribution in [2.75, 3.05) is 12.0 Å². The zero-order chi connectivity index (χ0) is 16.1. The normalized spacial score (nSPS) is 10.7. The highest BCUT2D eigenvalue weighted by Crippen LogP contribution is 2.21. The Bertz CT molecular complexity index is 796. The van der Waals surface area contributed by atoms with Gasteiger partial charge < -0.3 is 14.6 Å². The van der Waals surface area contributed by atoms with Gasteiger partial charge >= 0.3 is 5.97 Å².